The minimum atomic E-state index is -4.50. The average Bonchev–Trinajstić information content (AvgIpc) is 3.27. The summed E-state index contributed by atoms with van der Waals surface area (Å²) >= 11 is 12.4. The van der Waals surface area contributed by atoms with E-state index < -0.39 is 23.6 Å². The molecule has 0 aliphatic heterocycles. The van der Waals surface area contributed by atoms with Crippen molar-refractivity contribution in [2.45, 2.75) is 19.1 Å². The van der Waals surface area contributed by atoms with E-state index >= 15 is 0 Å². The lowest BCUT2D eigenvalue weighted by Crippen LogP contribution is -2.25. The average molecular weight is 562 g/mol. The highest BCUT2D eigenvalue weighted by molar-refractivity contribution is 6.35. The van der Waals surface area contributed by atoms with Crippen molar-refractivity contribution in [2.24, 2.45) is 0 Å². The Hall–Kier alpha value is -3.82. The molecule has 0 bridgehead atoms. The van der Waals surface area contributed by atoms with E-state index in [1.54, 1.807) is 59.3 Å². The summed E-state index contributed by atoms with van der Waals surface area (Å²) in [7, 11) is 0. The fraction of sp³-hybridized carbons (Fsp3) is 0.148. The molecule has 3 aromatic carbocycles. The fourth-order valence-electron chi connectivity index (χ4n) is 3.79. The Morgan fingerprint density at radius 1 is 0.921 bits per heavy atom. The van der Waals surface area contributed by atoms with Crippen LogP contribution in [0.25, 0.3) is 22.5 Å². The third kappa shape index (κ3) is 6.73. The van der Waals surface area contributed by atoms with Crippen LogP contribution in [0.15, 0.2) is 72.8 Å². The standard InChI is InChI=1S/C27H20Cl2F3N3O3/c28-21-11-19(12-22(29)13-21)24-14-23(18-2-1-3-20(10-18)27(30,31)32)34-35(24)15-16-4-6-17(7-5-16)26(38)33-9-8-25(36)37/h1-7,10-14H,8-9,15H2,(H,33,38)(H,36,37). The number of amides is 1. The minimum Gasteiger partial charge on any atom is -0.481 e. The SMILES string of the molecule is O=C(O)CCNC(=O)c1ccc(Cn2nc(-c3cccc(C(F)(F)F)c3)cc2-c2cc(Cl)cc(Cl)c2)cc1. The van der Waals surface area contributed by atoms with Crippen molar-refractivity contribution in [2.75, 3.05) is 6.54 Å². The van der Waals surface area contributed by atoms with Crippen LogP contribution in [0.1, 0.15) is 27.9 Å². The number of alkyl halides is 3. The summed E-state index contributed by atoms with van der Waals surface area (Å²) < 4.78 is 41.5. The molecule has 0 unspecified atom stereocenters. The maximum atomic E-state index is 13.3. The van der Waals surface area contributed by atoms with Gasteiger partial charge in [0.1, 0.15) is 0 Å². The Labute approximate surface area is 225 Å². The monoisotopic (exact) mass is 561 g/mol. The minimum absolute atomic E-state index is 0.00702. The predicted molar refractivity (Wildman–Crippen MR) is 138 cm³/mol. The van der Waals surface area contributed by atoms with Gasteiger partial charge in [0, 0.05) is 33.3 Å². The van der Waals surface area contributed by atoms with E-state index in [4.69, 9.17) is 28.3 Å². The molecular weight excluding hydrogens is 542 g/mol. The Bertz CT molecular complexity index is 1460. The molecule has 0 atom stereocenters. The van der Waals surface area contributed by atoms with Gasteiger partial charge in [0.2, 0.25) is 0 Å². The number of benzene rings is 3. The topological polar surface area (TPSA) is 84.2 Å². The molecule has 6 nitrogen and oxygen atoms in total. The number of rotatable bonds is 8. The molecule has 4 rings (SSSR count). The van der Waals surface area contributed by atoms with Gasteiger partial charge in [-0.2, -0.15) is 18.3 Å². The molecule has 196 valence electrons. The number of aliphatic carboxylic acids is 1. The van der Waals surface area contributed by atoms with Crippen LogP contribution in [0.2, 0.25) is 10.0 Å². The van der Waals surface area contributed by atoms with Crippen molar-refractivity contribution in [3.63, 3.8) is 0 Å². The molecule has 0 aliphatic carbocycles. The number of hydrogen-bond acceptors (Lipinski definition) is 3. The molecule has 1 amide bonds. The van der Waals surface area contributed by atoms with Crippen molar-refractivity contribution in [1.82, 2.24) is 15.1 Å². The number of halogens is 5. The zero-order valence-corrected chi connectivity index (χ0v) is 21.1. The highest BCUT2D eigenvalue weighted by Gasteiger charge is 2.30. The molecule has 38 heavy (non-hydrogen) atoms. The molecule has 0 saturated heterocycles. The summed E-state index contributed by atoms with van der Waals surface area (Å²) in [6.07, 6.45) is -4.68. The van der Waals surface area contributed by atoms with Gasteiger partial charge in [0.05, 0.1) is 29.9 Å². The smallest absolute Gasteiger partial charge is 0.416 e. The third-order valence-corrected chi connectivity index (χ3v) is 6.03. The summed E-state index contributed by atoms with van der Waals surface area (Å²) in [6, 6.07) is 18.1. The Morgan fingerprint density at radius 2 is 1.61 bits per heavy atom. The van der Waals surface area contributed by atoms with Crippen molar-refractivity contribution in [3.8, 4) is 22.5 Å². The second kappa shape index (κ2) is 11.3. The number of carboxylic acid groups (broad SMARTS) is 1. The third-order valence-electron chi connectivity index (χ3n) is 5.60. The summed E-state index contributed by atoms with van der Waals surface area (Å²) in [6.45, 7) is 0.242. The van der Waals surface area contributed by atoms with E-state index in [2.05, 4.69) is 10.4 Å². The number of carboxylic acids is 1. The van der Waals surface area contributed by atoms with Crippen LogP contribution in [0.4, 0.5) is 13.2 Å². The molecule has 0 aliphatic rings. The molecule has 0 saturated carbocycles. The second-order valence-corrected chi connectivity index (χ2v) is 9.28. The predicted octanol–water partition coefficient (Wildman–Crippen LogP) is 6.80. The van der Waals surface area contributed by atoms with Crippen LogP contribution >= 0.6 is 23.2 Å². The molecular formula is C27H20Cl2F3N3O3. The number of carbonyl (C=O) groups excluding carboxylic acids is 1. The molecule has 2 N–H and O–H groups in total. The molecule has 0 spiro atoms. The molecule has 1 heterocycles. The van der Waals surface area contributed by atoms with E-state index in [1.807, 2.05) is 0 Å². The van der Waals surface area contributed by atoms with Gasteiger partial charge in [-0.25, -0.2) is 0 Å². The van der Waals surface area contributed by atoms with Crippen LogP contribution in [0, 0.1) is 0 Å². The highest BCUT2D eigenvalue weighted by Crippen LogP contribution is 2.34. The number of aromatic nitrogens is 2. The molecule has 11 heteroatoms. The molecule has 0 fully saturated rings. The zero-order valence-electron chi connectivity index (χ0n) is 19.6. The summed E-state index contributed by atoms with van der Waals surface area (Å²) in [5, 5.41) is 16.6. The van der Waals surface area contributed by atoms with Crippen molar-refractivity contribution in [1.29, 1.82) is 0 Å². The first-order chi connectivity index (χ1) is 18.0. The van der Waals surface area contributed by atoms with Gasteiger partial charge in [0.15, 0.2) is 0 Å². The van der Waals surface area contributed by atoms with Gasteiger partial charge in [-0.1, -0.05) is 47.5 Å². The fourth-order valence-corrected chi connectivity index (χ4v) is 4.31. The van der Waals surface area contributed by atoms with E-state index in [0.29, 0.717) is 38.1 Å². The van der Waals surface area contributed by atoms with Gasteiger partial charge in [-0.15, -0.1) is 0 Å². The molecule has 4 aromatic rings. The normalized spacial score (nSPS) is 11.4. The van der Waals surface area contributed by atoms with Crippen molar-refractivity contribution < 1.29 is 27.9 Å². The first kappa shape index (κ1) is 27.2. The number of nitrogens with zero attached hydrogens (tertiary/aromatic N) is 2. The Balaban J connectivity index is 1.66. The van der Waals surface area contributed by atoms with Gasteiger partial charge >= 0.3 is 12.1 Å². The lowest BCUT2D eigenvalue weighted by Gasteiger charge is -2.10. The van der Waals surface area contributed by atoms with Gasteiger partial charge in [0.25, 0.3) is 5.91 Å². The zero-order chi connectivity index (χ0) is 27.4. The van der Waals surface area contributed by atoms with Gasteiger partial charge in [-0.3, -0.25) is 14.3 Å². The quantitative estimate of drug-likeness (QED) is 0.248. The van der Waals surface area contributed by atoms with E-state index in [1.165, 1.54) is 6.07 Å². The summed E-state index contributed by atoms with van der Waals surface area (Å²) in [4.78, 5) is 22.9. The van der Waals surface area contributed by atoms with Crippen LogP contribution in [0.5, 0.6) is 0 Å². The first-order valence-electron chi connectivity index (χ1n) is 11.3. The Morgan fingerprint density at radius 3 is 2.24 bits per heavy atom. The highest BCUT2D eigenvalue weighted by atomic mass is 35.5. The number of carbonyl (C=O) groups is 2. The van der Waals surface area contributed by atoms with E-state index in [-0.39, 0.29) is 19.5 Å². The maximum absolute atomic E-state index is 13.3. The van der Waals surface area contributed by atoms with Crippen molar-refractivity contribution >= 4 is 35.1 Å². The summed E-state index contributed by atoms with van der Waals surface area (Å²) in [5.74, 6) is -1.42. The van der Waals surface area contributed by atoms with Crippen LogP contribution in [-0.2, 0) is 17.5 Å². The van der Waals surface area contributed by atoms with E-state index in [9.17, 15) is 22.8 Å². The first-order valence-corrected chi connectivity index (χ1v) is 12.1. The summed E-state index contributed by atoms with van der Waals surface area (Å²) in [5.41, 5.74) is 2.17. The molecule has 1 aromatic heterocycles. The lowest BCUT2D eigenvalue weighted by atomic mass is 10.1. The van der Waals surface area contributed by atoms with Gasteiger partial charge < -0.3 is 10.4 Å². The molecule has 0 radical (unpaired) electrons. The number of nitrogens with one attached hydrogen (secondary N) is 1. The lowest BCUT2D eigenvalue weighted by molar-refractivity contribution is -0.138. The maximum Gasteiger partial charge on any atom is 0.416 e. The second-order valence-electron chi connectivity index (χ2n) is 8.41. The van der Waals surface area contributed by atoms with Crippen LogP contribution in [-0.4, -0.2) is 33.3 Å². The van der Waals surface area contributed by atoms with Crippen LogP contribution < -0.4 is 5.32 Å². The van der Waals surface area contributed by atoms with Crippen LogP contribution in [0.3, 0.4) is 0 Å². The van der Waals surface area contributed by atoms with Crippen molar-refractivity contribution in [3.05, 3.63) is 99.5 Å². The Kier molecular flexibility index (Phi) is 8.08. The van der Waals surface area contributed by atoms with E-state index in [0.717, 1.165) is 17.7 Å². The number of hydrogen-bond donors (Lipinski definition) is 2. The largest absolute Gasteiger partial charge is 0.481 e. The van der Waals surface area contributed by atoms with Gasteiger partial charge in [-0.05, 0) is 54.1 Å².